The van der Waals surface area contributed by atoms with Crippen LogP contribution in [0.1, 0.15) is 33.6 Å². The number of aliphatic carboxylic acids is 1. The van der Waals surface area contributed by atoms with Crippen molar-refractivity contribution in [2.75, 3.05) is 13.1 Å². The van der Waals surface area contributed by atoms with E-state index in [2.05, 4.69) is 5.32 Å². The van der Waals surface area contributed by atoms with Crippen LogP contribution in [0.2, 0.25) is 0 Å². The highest BCUT2D eigenvalue weighted by molar-refractivity contribution is 5.83. The molecule has 0 heterocycles. The molecular formula is C11H21N3O4. The molecular weight excluding hydrogens is 238 g/mol. The van der Waals surface area contributed by atoms with Crippen molar-refractivity contribution in [3.8, 4) is 0 Å². The zero-order chi connectivity index (χ0) is 14.3. The molecule has 0 aliphatic carbocycles. The summed E-state index contributed by atoms with van der Waals surface area (Å²) >= 11 is 0. The number of carbonyl (C=O) groups is 3. The van der Waals surface area contributed by atoms with Gasteiger partial charge in [0, 0.05) is 18.5 Å². The van der Waals surface area contributed by atoms with Gasteiger partial charge in [-0.1, -0.05) is 0 Å². The second-order valence-corrected chi connectivity index (χ2v) is 4.69. The van der Waals surface area contributed by atoms with Crippen LogP contribution in [0.3, 0.4) is 0 Å². The molecule has 3 amide bonds. The number of hydrogen-bond donors (Lipinski definition) is 3. The number of primary amides is 1. The van der Waals surface area contributed by atoms with Crippen molar-refractivity contribution in [2.45, 2.75) is 39.2 Å². The van der Waals surface area contributed by atoms with Crippen molar-refractivity contribution in [3.05, 3.63) is 0 Å². The largest absolute Gasteiger partial charge is 0.481 e. The number of rotatable bonds is 7. The van der Waals surface area contributed by atoms with Gasteiger partial charge >= 0.3 is 12.0 Å². The average Bonchev–Trinajstić information content (AvgIpc) is 2.22. The Labute approximate surface area is 106 Å². The van der Waals surface area contributed by atoms with Crippen molar-refractivity contribution in [1.29, 1.82) is 0 Å². The van der Waals surface area contributed by atoms with Crippen molar-refractivity contribution in [2.24, 2.45) is 5.73 Å². The summed E-state index contributed by atoms with van der Waals surface area (Å²) in [7, 11) is 0. The third-order valence-electron chi connectivity index (χ3n) is 2.42. The highest BCUT2D eigenvalue weighted by Crippen LogP contribution is 2.11. The first-order valence-electron chi connectivity index (χ1n) is 5.75. The monoisotopic (exact) mass is 259 g/mol. The predicted octanol–water partition coefficient (Wildman–Crippen LogP) is 0.147. The highest BCUT2D eigenvalue weighted by Gasteiger charge is 2.24. The van der Waals surface area contributed by atoms with E-state index >= 15 is 0 Å². The number of carboxylic acids is 1. The van der Waals surface area contributed by atoms with Crippen LogP contribution in [0.15, 0.2) is 0 Å². The molecule has 7 heteroatoms. The molecule has 0 rings (SSSR count). The standard InChI is InChI=1S/C11H21N3O4/c1-4-14(7-8(12)15)10(18)13-11(2,3)6-5-9(16)17/h4-7H2,1-3H3,(H2,12,15)(H,13,18)(H,16,17). The first-order valence-corrected chi connectivity index (χ1v) is 5.75. The molecule has 4 N–H and O–H groups in total. The summed E-state index contributed by atoms with van der Waals surface area (Å²) in [5, 5.41) is 11.3. The van der Waals surface area contributed by atoms with Gasteiger partial charge in [0.25, 0.3) is 0 Å². The number of amides is 3. The molecule has 0 aromatic carbocycles. The molecule has 0 saturated carbocycles. The lowest BCUT2D eigenvalue weighted by Crippen LogP contribution is -2.52. The zero-order valence-electron chi connectivity index (χ0n) is 11.0. The molecule has 18 heavy (non-hydrogen) atoms. The average molecular weight is 259 g/mol. The Morgan fingerprint density at radius 3 is 2.28 bits per heavy atom. The number of nitrogens with zero attached hydrogens (tertiary/aromatic N) is 1. The smallest absolute Gasteiger partial charge is 0.318 e. The van der Waals surface area contributed by atoms with E-state index in [1.165, 1.54) is 4.90 Å². The zero-order valence-corrected chi connectivity index (χ0v) is 11.0. The van der Waals surface area contributed by atoms with E-state index in [9.17, 15) is 14.4 Å². The molecule has 0 saturated heterocycles. The molecule has 0 aliphatic rings. The molecule has 0 unspecified atom stereocenters. The van der Waals surface area contributed by atoms with Crippen LogP contribution < -0.4 is 11.1 Å². The Hall–Kier alpha value is -1.79. The summed E-state index contributed by atoms with van der Waals surface area (Å²) in [5.74, 6) is -1.50. The van der Waals surface area contributed by atoms with Crippen LogP contribution in [0.4, 0.5) is 4.79 Å². The topological polar surface area (TPSA) is 113 Å². The fourth-order valence-corrected chi connectivity index (χ4v) is 1.37. The maximum Gasteiger partial charge on any atom is 0.318 e. The number of hydrogen-bond acceptors (Lipinski definition) is 3. The van der Waals surface area contributed by atoms with Gasteiger partial charge in [0.1, 0.15) is 6.54 Å². The van der Waals surface area contributed by atoms with Gasteiger partial charge in [-0.15, -0.1) is 0 Å². The van der Waals surface area contributed by atoms with Gasteiger partial charge in [-0.2, -0.15) is 0 Å². The van der Waals surface area contributed by atoms with Gasteiger partial charge in [-0.25, -0.2) is 4.79 Å². The summed E-state index contributed by atoms with van der Waals surface area (Å²) in [6, 6.07) is -0.424. The molecule has 0 bridgehead atoms. The predicted molar refractivity (Wildman–Crippen MR) is 65.9 cm³/mol. The van der Waals surface area contributed by atoms with Crippen molar-refractivity contribution in [3.63, 3.8) is 0 Å². The first kappa shape index (κ1) is 16.2. The molecule has 0 aromatic heterocycles. The fraction of sp³-hybridized carbons (Fsp3) is 0.727. The molecule has 0 aromatic rings. The van der Waals surface area contributed by atoms with E-state index in [1.807, 2.05) is 0 Å². The van der Waals surface area contributed by atoms with Crippen molar-refractivity contribution < 1.29 is 19.5 Å². The highest BCUT2D eigenvalue weighted by atomic mass is 16.4. The lowest BCUT2D eigenvalue weighted by Gasteiger charge is -2.29. The normalized spacial score (nSPS) is 10.8. The van der Waals surface area contributed by atoms with E-state index in [0.717, 1.165) is 0 Å². The third-order valence-corrected chi connectivity index (χ3v) is 2.42. The lowest BCUT2D eigenvalue weighted by molar-refractivity contribution is -0.137. The van der Waals surface area contributed by atoms with E-state index in [1.54, 1.807) is 20.8 Å². The van der Waals surface area contributed by atoms with Crippen LogP contribution in [-0.4, -0.2) is 46.5 Å². The van der Waals surface area contributed by atoms with Gasteiger partial charge in [0.2, 0.25) is 5.91 Å². The van der Waals surface area contributed by atoms with Crippen LogP contribution in [-0.2, 0) is 9.59 Å². The molecule has 0 aliphatic heterocycles. The summed E-state index contributed by atoms with van der Waals surface area (Å²) in [4.78, 5) is 34.4. The van der Waals surface area contributed by atoms with Crippen LogP contribution in [0, 0.1) is 0 Å². The van der Waals surface area contributed by atoms with E-state index in [4.69, 9.17) is 10.8 Å². The van der Waals surface area contributed by atoms with Gasteiger partial charge in [-0.05, 0) is 27.2 Å². The van der Waals surface area contributed by atoms with Gasteiger partial charge in [0.05, 0.1) is 0 Å². The molecule has 0 spiro atoms. The number of nitrogens with two attached hydrogens (primary N) is 1. The molecule has 0 fully saturated rings. The maximum absolute atomic E-state index is 11.8. The first-order chi connectivity index (χ1) is 8.18. The van der Waals surface area contributed by atoms with Gasteiger partial charge in [0.15, 0.2) is 0 Å². The SMILES string of the molecule is CCN(CC(N)=O)C(=O)NC(C)(C)CCC(=O)O. The van der Waals surface area contributed by atoms with Crippen LogP contribution in [0.25, 0.3) is 0 Å². The number of carbonyl (C=O) groups excluding carboxylic acids is 2. The maximum atomic E-state index is 11.8. The Morgan fingerprint density at radius 1 is 1.33 bits per heavy atom. The minimum atomic E-state index is -0.915. The second-order valence-electron chi connectivity index (χ2n) is 4.69. The third kappa shape index (κ3) is 6.72. The van der Waals surface area contributed by atoms with Crippen LogP contribution >= 0.6 is 0 Å². The molecule has 104 valence electrons. The van der Waals surface area contributed by atoms with E-state index in [0.29, 0.717) is 13.0 Å². The van der Waals surface area contributed by atoms with Gasteiger partial charge in [-0.3, -0.25) is 9.59 Å². The van der Waals surface area contributed by atoms with E-state index < -0.39 is 23.4 Å². The Morgan fingerprint density at radius 2 is 1.89 bits per heavy atom. The number of carboxylic acid groups (broad SMARTS) is 1. The summed E-state index contributed by atoms with van der Waals surface area (Å²) in [5.41, 5.74) is 4.38. The Bertz CT molecular complexity index is 328. The van der Waals surface area contributed by atoms with Crippen molar-refractivity contribution in [1.82, 2.24) is 10.2 Å². The summed E-state index contributed by atoms with van der Waals surface area (Å²) in [6.07, 6.45) is 0.275. The number of nitrogens with one attached hydrogen (secondary N) is 1. The Kier molecular flexibility index (Phi) is 6.15. The lowest BCUT2D eigenvalue weighted by atomic mass is 9.99. The van der Waals surface area contributed by atoms with E-state index in [-0.39, 0.29) is 13.0 Å². The molecule has 7 nitrogen and oxygen atoms in total. The molecule has 0 atom stereocenters. The minimum Gasteiger partial charge on any atom is -0.481 e. The van der Waals surface area contributed by atoms with Crippen LogP contribution in [0.5, 0.6) is 0 Å². The Balaban J connectivity index is 4.41. The second kappa shape index (κ2) is 6.83. The quantitative estimate of drug-likeness (QED) is 0.603. The van der Waals surface area contributed by atoms with Gasteiger partial charge < -0.3 is 21.1 Å². The van der Waals surface area contributed by atoms with Crippen molar-refractivity contribution >= 4 is 17.9 Å². The fourth-order valence-electron chi connectivity index (χ4n) is 1.37. The minimum absolute atomic E-state index is 0.0325. The number of urea groups is 1. The summed E-state index contributed by atoms with van der Waals surface area (Å²) < 4.78 is 0. The summed E-state index contributed by atoms with van der Waals surface area (Å²) in [6.45, 7) is 5.38. The number of likely N-dealkylation sites (N-methyl/N-ethyl adjacent to an activating group) is 1. The molecule has 0 radical (unpaired) electrons.